The Kier molecular flexibility index (Phi) is 4.91. The Morgan fingerprint density at radius 2 is 2.25 bits per heavy atom. The van der Waals surface area contributed by atoms with Crippen LogP contribution in [0.25, 0.3) is 9.88 Å². The number of rotatable bonds is 5. The fourth-order valence-electron chi connectivity index (χ4n) is 1.63. The van der Waals surface area contributed by atoms with Gasteiger partial charge in [0.15, 0.2) is 0 Å². The third-order valence-electron chi connectivity index (χ3n) is 2.98. The van der Waals surface area contributed by atoms with Crippen LogP contribution in [0, 0.1) is 12.8 Å². The van der Waals surface area contributed by atoms with Crippen LogP contribution in [0.1, 0.15) is 29.2 Å². The highest BCUT2D eigenvalue weighted by Crippen LogP contribution is 2.30. The second-order valence-electron chi connectivity index (χ2n) is 4.93. The van der Waals surface area contributed by atoms with E-state index in [1.165, 1.54) is 11.3 Å². The van der Waals surface area contributed by atoms with Crippen molar-refractivity contribution in [2.75, 3.05) is 6.54 Å². The molecule has 4 nitrogen and oxygen atoms in total. The van der Waals surface area contributed by atoms with Gasteiger partial charge in [-0.15, -0.1) is 22.7 Å². The second kappa shape index (κ2) is 6.47. The number of aryl methyl sites for hydroxylation is 1. The van der Waals surface area contributed by atoms with Crippen LogP contribution in [0.4, 0.5) is 0 Å². The van der Waals surface area contributed by atoms with Gasteiger partial charge in [0, 0.05) is 6.54 Å². The Hall–Kier alpha value is -1.24. The van der Waals surface area contributed by atoms with Crippen molar-refractivity contribution in [1.29, 1.82) is 0 Å². The van der Waals surface area contributed by atoms with Crippen molar-refractivity contribution in [3.63, 3.8) is 0 Å². The van der Waals surface area contributed by atoms with E-state index in [0.29, 0.717) is 4.88 Å². The summed E-state index contributed by atoms with van der Waals surface area (Å²) in [7, 11) is 0. The van der Waals surface area contributed by atoms with Gasteiger partial charge in [-0.05, 0) is 24.3 Å². The molecule has 0 fully saturated rings. The number of thiophene rings is 1. The van der Waals surface area contributed by atoms with Crippen molar-refractivity contribution < 1.29 is 9.90 Å². The monoisotopic (exact) mass is 310 g/mol. The molecule has 0 saturated carbocycles. The Bertz CT molecular complexity index is 576. The molecule has 1 amide bonds. The lowest BCUT2D eigenvalue weighted by Crippen LogP contribution is -2.34. The molecule has 2 aromatic rings. The maximum Gasteiger partial charge on any atom is 0.263 e. The van der Waals surface area contributed by atoms with E-state index in [0.717, 1.165) is 15.6 Å². The number of aliphatic hydroxyl groups is 1. The van der Waals surface area contributed by atoms with E-state index in [1.54, 1.807) is 11.3 Å². The summed E-state index contributed by atoms with van der Waals surface area (Å²) < 4.78 is 0. The van der Waals surface area contributed by atoms with Gasteiger partial charge in [0.1, 0.15) is 9.88 Å². The lowest BCUT2D eigenvalue weighted by molar-refractivity contribution is 0.0874. The molecule has 0 radical (unpaired) electrons. The minimum absolute atomic E-state index is 0.125. The molecule has 2 aromatic heterocycles. The molecule has 0 saturated heterocycles. The summed E-state index contributed by atoms with van der Waals surface area (Å²) in [5.41, 5.74) is 0.731. The standard InChI is InChI=1S/C14H18N2O2S2/c1-8(2)10(17)7-15-13(18)12-9(3)16-14(20-12)11-5-4-6-19-11/h4-6,8,10,17H,7H2,1-3H3,(H,15,18)/t10-/m1/s1. The third kappa shape index (κ3) is 3.45. The molecule has 2 N–H and O–H groups in total. The zero-order valence-electron chi connectivity index (χ0n) is 11.7. The highest BCUT2D eigenvalue weighted by Gasteiger charge is 2.18. The van der Waals surface area contributed by atoms with Gasteiger partial charge in [-0.25, -0.2) is 4.98 Å². The minimum atomic E-state index is -0.524. The number of thiazole rings is 1. The quantitative estimate of drug-likeness (QED) is 0.892. The van der Waals surface area contributed by atoms with E-state index in [1.807, 2.05) is 38.3 Å². The van der Waals surface area contributed by atoms with Crippen molar-refractivity contribution >= 4 is 28.6 Å². The lowest BCUT2D eigenvalue weighted by Gasteiger charge is -2.14. The average Bonchev–Trinajstić information content (AvgIpc) is 3.04. The molecule has 2 heterocycles. The molecule has 0 aliphatic heterocycles. The number of nitrogens with one attached hydrogen (secondary N) is 1. The SMILES string of the molecule is Cc1nc(-c2cccs2)sc1C(=O)NC[C@@H](O)C(C)C. The predicted octanol–water partition coefficient (Wildman–Crippen LogP) is 2.93. The Balaban J connectivity index is 2.07. The first-order valence-electron chi connectivity index (χ1n) is 6.46. The molecule has 0 unspecified atom stereocenters. The fraction of sp³-hybridized carbons (Fsp3) is 0.429. The molecule has 20 heavy (non-hydrogen) atoms. The van der Waals surface area contributed by atoms with Crippen LogP contribution < -0.4 is 5.32 Å². The van der Waals surface area contributed by atoms with E-state index < -0.39 is 6.10 Å². The third-order valence-corrected chi connectivity index (χ3v) is 5.17. The van der Waals surface area contributed by atoms with Crippen molar-refractivity contribution in [1.82, 2.24) is 10.3 Å². The summed E-state index contributed by atoms with van der Waals surface area (Å²) in [4.78, 5) is 18.3. The number of nitrogens with zero attached hydrogens (tertiary/aromatic N) is 1. The average molecular weight is 310 g/mol. The van der Waals surface area contributed by atoms with Gasteiger partial charge in [0.05, 0.1) is 16.7 Å². The largest absolute Gasteiger partial charge is 0.391 e. The van der Waals surface area contributed by atoms with Crippen LogP contribution in [0.5, 0.6) is 0 Å². The molecule has 0 spiro atoms. The lowest BCUT2D eigenvalue weighted by atomic mass is 10.1. The zero-order chi connectivity index (χ0) is 14.7. The number of aromatic nitrogens is 1. The van der Waals surface area contributed by atoms with Crippen LogP contribution >= 0.6 is 22.7 Å². The first-order valence-corrected chi connectivity index (χ1v) is 8.16. The Morgan fingerprint density at radius 1 is 1.50 bits per heavy atom. The molecule has 0 aromatic carbocycles. The predicted molar refractivity (Wildman–Crippen MR) is 83.3 cm³/mol. The molecule has 1 atom stereocenters. The number of hydrogen-bond donors (Lipinski definition) is 2. The summed E-state index contributed by atoms with van der Waals surface area (Å²) in [6, 6.07) is 3.96. The number of carbonyl (C=O) groups is 1. The van der Waals surface area contributed by atoms with Gasteiger partial charge >= 0.3 is 0 Å². The molecule has 0 bridgehead atoms. The van der Waals surface area contributed by atoms with Crippen molar-refractivity contribution in [3.8, 4) is 9.88 Å². The number of aliphatic hydroxyl groups excluding tert-OH is 1. The van der Waals surface area contributed by atoms with Crippen LogP contribution in [-0.2, 0) is 0 Å². The summed E-state index contributed by atoms with van der Waals surface area (Å²) in [5, 5.41) is 15.3. The van der Waals surface area contributed by atoms with Gasteiger partial charge in [0.25, 0.3) is 5.91 Å². The molecular weight excluding hydrogens is 292 g/mol. The maximum atomic E-state index is 12.1. The number of carbonyl (C=O) groups excluding carboxylic acids is 1. The van der Waals surface area contributed by atoms with Crippen LogP contribution in [0.2, 0.25) is 0 Å². The zero-order valence-corrected chi connectivity index (χ0v) is 13.3. The first kappa shape index (κ1) is 15.2. The van der Waals surface area contributed by atoms with Crippen LogP contribution in [0.3, 0.4) is 0 Å². The number of amides is 1. The number of hydrogen-bond acceptors (Lipinski definition) is 5. The second-order valence-corrected chi connectivity index (χ2v) is 6.88. The van der Waals surface area contributed by atoms with Gasteiger partial charge in [0.2, 0.25) is 0 Å². The molecule has 108 valence electrons. The van der Waals surface area contributed by atoms with E-state index >= 15 is 0 Å². The minimum Gasteiger partial charge on any atom is -0.391 e. The van der Waals surface area contributed by atoms with E-state index in [-0.39, 0.29) is 18.4 Å². The van der Waals surface area contributed by atoms with Gasteiger partial charge in [-0.3, -0.25) is 4.79 Å². The van der Waals surface area contributed by atoms with Gasteiger partial charge in [-0.1, -0.05) is 19.9 Å². The van der Waals surface area contributed by atoms with Crippen molar-refractivity contribution in [2.45, 2.75) is 26.9 Å². The van der Waals surface area contributed by atoms with E-state index in [9.17, 15) is 9.90 Å². The first-order chi connectivity index (χ1) is 9.49. The molecule has 2 rings (SSSR count). The van der Waals surface area contributed by atoms with Crippen molar-refractivity contribution in [2.24, 2.45) is 5.92 Å². The maximum absolute atomic E-state index is 12.1. The highest BCUT2D eigenvalue weighted by molar-refractivity contribution is 7.22. The molecule has 0 aliphatic carbocycles. The normalized spacial score (nSPS) is 12.7. The molecule has 0 aliphatic rings. The highest BCUT2D eigenvalue weighted by atomic mass is 32.1. The van der Waals surface area contributed by atoms with Gasteiger partial charge < -0.3 is 10.4 Å². The van der Waals surface area contributed by atoms with E-state index in [4.69, 9.17) is 0 Å². The topological polar surface area (TPSA) is 62.2 Å². The molecular formula is C14H18N2O2S2. The summed E-state index contributed by atoms with van der Waals surface area (Å²) in [6.45, 7) is 5.94. The van der Waals surface area contributed by atoms with Crippen LogP contribution in [0.15, 0.2) is 17.5 Å². The van der Waals surface area contributed by atoms with Crippen LogP contribution in [-0.4, -0.2) is 28.6 Å². The Labute approximate surface area is 126 Å². The molecule has 6 heteroatoms. The fourth-order valence-corrected chi connectivity index (χ4v) is 3.41. The Morgan fingerprint density at radius 3 is 2.85 bits per heavy atom. The van der Waals surface area contributed by atoms with Crippen molar-refractivity contribution in [3.05, 3.63) is 28.1 Å². The summed E-state index contributed by atoms with van der Waals surface area (Å²) in [5.74, 6) is -0.0398. The van der Waals surface area contributed by atoms with Gasteiger partial charge in [-0.2, -0.15) is 0 Å². The van der Waals surface area contributed by atoms with E-state index in [2.05, 4.69) is 10.3 Å². The summed E-state index contributed by atoms with van der Waals surface area (Å²) >= 11 is 3.00. The smallest absolute Gasteiger partial charge is 0.263 e. The summed E-state index contributed by atoms with van der Waals surface area (Å²) in [6.07, 6.45) is -0.524.